The third-order valence-corrected chi connectivity index (χ3v) is 3.52. The number of anilines is 1. The Morgan fingerprint density at radius 2 is 2.05 bits per heavy atom. The molecular weight excluding hydrogens is 282 g/mol. The number of nitrogens with two attached hydrogens (primary N) is 1. The number of hydrogen-bond donors (Lipinski definition) is 3. The molecule has 3 aromatic rings. The molecule has 0 atom stereocenters. The number of benzene rings is 1. The first kappa shape index (κ1) is 14.1. The van der Waals surface area contributed by atoms with Crippen LogP contribution >= 0.6 is 0 Å². The maximum Gasteiger partial charge on any atom is 0.276 e. The molecule has 6 nitrogen and oxygen atoms in total. The smallest absolute Gasteiger partial charge is 0.276 e. The Labute approximate surface area is 126 Å². The summed E-state index contributed by atoms with van der Waals surface area (Å²) in [5.41, 5.74) is 7.34. The number of hydrogen-bond acceptors (Lipinski definition) is 5. The summed E-state index contributed by atoms with van der Waals surface area (Å²) in [6.45, 7) is -0.0621. The van der Waals surface area contributed by atoms with Gasteiger partial charge in [-0.25, -0.2) is 4.98 Å². The first-order valence-corrected chi connectivity index (χ1v) is 6.80. The van der Waals surface area contributed by atoms with Crippen LogP contribution in [0.4, 0.5) is 5.69 Å². The predicted octanol–water partition coefficient (Wildman–Crippen LogP) is 1.34. The van der Waals surface area contributed by atoms with Gasteiger partial charge in [0.05, 0.1) is 13.2 Å². The van der Waals surface area contributed by atoms with Crippen LogP contribution in [-0.4, -0.2) is 26.4 Å². The monoisotopic (exact) mass is 297 g/mol. The highest BCUT2D eigenvalue weighted by molar-refractivity contribution is 5.99. The minimum atomic E-state index is -0.404. The van der Waals surface area contributed by atoms with Crippen LogP contribution in [0.3, 0.4) is 0 Å². The second kappa shape index (κ2) is 5.50. The fraction of sp³-hybridized carbons (Fsp3) is 0.125. The number of aliphatic hydroxyl groups is 1. The van der Waals surface area contributed by atoms with E-state index in [2.05, 4.69) is 4.98 Å². The van der Waals surface area contributed by atoms with E-state index in [1.54, 1.807) is 36.5 Å². The Hall–Kier alpha value is -2.86. The van der Waals surface area contributed by atoms with Gasteiger partial charge >= 0.3 is 0 Å². The zero-order valence-electron chi connectivity index (χ0n) is 11.7. The SMILES string of the molecule is Nc1c(-c2cccc(O)c2)c2cccnc2n(CCO)c1=O. The van der Waals surface area contributed by atoms with E-state index in [9.17, 15) is 9.90 Å². The van der Waals surface area contributed by atoms with Crippen molar-refractivity contribution in [3.8, 4) is 16.9 Å². The Bertz CT molecular complexity index is 903. The fourth-order valence-corrected chi connectivity index (χ4v) is 2.58. The molecule has 0 fully saturated rings. The molecule has 0 aliphatic carbocycles. The molecule has 112 valence electrons. The summed E-state index contributed by atoms with van der Waals surface area (Å²) in [5.74, 6) is 0.0912. The molecule has 0 radical (unpaired) electrons. The van der Waals surface area contributed by atoms with Crippen LogP contribution in [0.1, 0.15) is 0 Å². The van der Waals surface area contributed by atoms with Crippen molar-refractivity contribution in [3.63, 3.8) is 0 Å². The van der Waals surface area contributed by atoms with E-state index in [0.29, 0.717) is 22.2 Å². The normalized spacial score (nSPS) is 11.0. The van der Waals surface area contributed by atoms with Gasteiger partial charge in [0, 0.05) is 17.1 Å². The predicted molar refractivity (Wildman–Crippen MR) is 84.6 cm³/mol. The van der Waals surface area contributed by atoms with Gasteiger partial charge in [-0.3, -0.25) is 9.36 Å². The van der Waals surface area contributed by atoms with Crippen molar-refractivity contribution in [2.24, 2.45) is 0 Å². The van der Waals surface area contributed by atoms with Crippen molar-refractivity contribution in [1.82, 2.24) is 9.55 Å². The highest BCUT2D eigenvalue weighted by atomic mass is 16.3. The summed E-state index contributed by atoms with van der Waals surface area (Å²) in [5, 5.41) is 19.5. The van der Waals surface area contributed by atoms with E-state index in [1.165, 1.54) is 4.57 Å². The van der Waals surface area contributed by atoms with Crippen LogP contribution in [-0.2, 0) is 6.54 Å². The second-order valence-corrected chi connectivity index (χ2v) is 4.89. The van der Waals surface area contributed by atoms with E-state index in [1.807, 2.05) is 6.07 Å². The lowest BCUT2D eigenvalue weighted by Gasteiger charge is -2.14. The van der Waals surface area contributed by atoms with Gasteiger partial charge < -0.3 is 15.9 Å². The summed E-state index contributed by atoms with van der Waals surface area (Å²) in [6, 6.07) is 10.1. The van der Waals surface area contributed by atoms with Gasteiger partial charge in [-0.2, -0.15) is 0 Å². The minimum absolute atomic E-state index is 0.0690. The third kappa shape index (κ3) is 2.19. The lowest BCUT2D eigenvalue weighted by molar-refractivity contribution is 0.276. The number of phenolic OH excluding ortho intramolecular Hbond substituents is 1. The van der Waals surface area contributed by atoms with Crippen molar-refractivity contribution in [2.75, 3.05) is 12.3 Å². The summed E-state index contributed by atoms with van der Waals surface area (Å²) >= 11 is 0. The molecule has 0 aliphatic heterocycles. The Balaban J connectivity index is 2.43. The lowest BCUT2D eigenvalue weighted by atomic mass is 10.0. The van der Waals surface area contributed by atoms with Crippen molar-refractivity contribution < 1.29 is 10.2 Å². The summed E-state index contributed by atoms with van der Waals surface area (Å²) in [6.07, 6.45) is 1.58. The van der Waals surface area contributed by atoms with Gasteiger partial charge in [-0.05, 0) is 29.8 Å². The van der Waals surface area contributed by atoms with Crippen molar-refractivity contribution in [2.45, 2.75) is 6.54 Å². The topological polar surface area (TPSA) is 101 Å². The number of fused-ring (bicyclic) bond motifs is 1. The molecule has 2 heterocycles. The molecule has 0 bridgehead atoms. The Kier molecular flexibility index (Phi) is 3.52. The number of phenols is 1. The summed E-state index contributed by atoms with van der Waals surface area (Å²) in [4.78, 5) is 16.7. The van der Waals surface area contributed by atoms with Crippen LogP contribution in [0.15, 0.2) is 47.4 Å². The quantitative estimate of drug-likeness (QED) is 0.677. The molecule has 1 aromatic carbocycles. The van der Waals surface area contributed by atoms with E-state index in [4.69, 9.17) is 10.8 Å². The van der Waals surface area contributed by atoms with Crippen LogP contribution in [0.2, 0.25) is 0 Å². The molecule has 6 heteroatoms. The minimum Gasteiger partial charge on any atom is -0.508 e. The maximum atomic E-state index is 12.5. The standard InChI is InChI=1S/C16H15N3O3/c17-14-13(10-3-1-4-11(21)9-10)12-5-2-6-18-15(12)19(7-8-20)16(14)22/h1-6,9,20-21H,7-8,17H2. The van der Waals surface area contributed by atoms with E-state index >= 15 is 0 Å². The van der Waals surface area contributed by atoms with Crippen molar-refractivity contribution >= 4 is 16.7 Å². The van der Waals surface area contributed by atoms with Gasteiger partial charge in [0.25, 0.3) is 5.56 Å². The molecule has 2 aromatic heterocycles. The zero-order chi connectivity index (χ0) is 15.7. The number of aliphatic hydroxyl groups excluding tert-OH is 1. The number of aromatic hydroxyl groups is 1. The average molecular weight is 297 g/mol. The third-order valence-electron chi connectivity index (χ3n) is 3.52. The van der Waals surface area contributed by atoms with E-state index in [0.717, 1.165) is 0 Å². The molecule has 0 saturated heterocycles. The Morgan fingerprint density at radius 1 is 1.23 bits per heavy atom. The summed E-state index contributed by atoms with van der Waals surface area (Å²) in [7, 11) is 0. The first-order chi connectivity index (χ1) is 10.6. The second-order valence-electron chi connectivity index (χ2n) is 4.89. The van der Waals surface area contributed by atoms with Gasteiger partial charge in [0.2, 0.25) is 0 Å². The molecule has 0 amide bonds. The molecule has 0 saturated carbocycles. The molecule has 0 unspecified atom stereocenters. The van der Waals surface area contributed by atoms with Gasteiger partial charge in [-0.15, -0.1) is 0 Å². The molecular formula is C16H15N3O3. The highest BCUT2D eigenvalue weighted by Gasteiger charge is 2.16. The van der Waals surface area contributed by atoms with E-state index in [-0.39, 0.29) is 24.6 Å². The number of nitrogens with zero attached hydrogens (tertiary/aromatic N) is 2. The molecule has 0 aliphatic rings. The molecule has 4 N–H and O–H groups in total. The fourth-order valence-electron chi connectivity index (χ4n) is 2.58. The maximum absolute atomic E-state index is 12.5. The van der Waals surface area contributed by atoms with Crippen LogP contribution in [0.5, 0.6) is 5.75 Å². The van der Waals surface area contributed by atoms with Crippen LogP contribution in [0, 0.1) is 0 Å². The first-order valence-electron chi connectivity index (χ1n) is 6.80. The number of pyridine rings is 2. The Morgan fingerprint density at radius 3 is 2.77 bits per heavy atom. The molecule has 22 heavy (non-hydrogen) atoms. The average Bonchev–Trinajstić information content (AvgIpc) is 2.52. The zero-order valence-corrected chi connectivity index (χ0v) is 11.7. The van der Waals surface area contributed by atoms with Crippen molar-refractivity contribution in [3.05, 3.63) is 52.9 Å². The van der Waals surface area contributed by atoms with Crippen LogP contribution < -0.4 is 11.3 Å². The van der Waals surface area contributed by atoms with Crippen molar-refractivity contribution in [1.29, 1.82) is 0 Å². The number of rotatable bonds is 3. The van der Waals surface area contributed by atoms with Gasteiger partial charge in [0.15, 0.2) is 0 Å². The number of aromatic nitrogens is 2. The van der Waals surface area contributed by atoms with Crippen LogP contribution in [0.25, 0.3) is 22.2 Å². The summed E-state index contributed by atoms with van der Waals surface area (Å²) < 4.78 is 1.36. The van der Waals surface area contributed by atoms with Gasteiger partial charge in [0.1, 0.15) is 17.1 Å². The number of nitrogen functional groups attached to an aromatic ring is 1. The largest absolute Gasteiger partial charge is 0.508 e. The molecule has 0 spiro atoms. The lowest BCUT2D eigenvalue weighted by Crippen LogP contribution is -2.26. The van der Waals surface area contributed by atoms with E-state index < -0.39 is 5.56 Å². The molecule has 3 rings (SSSR count). The highest BCUT2D eigenvalue weighted by Crippen LogP contribution is 2.32. The van der Waals surface area contributed by atoms with Gasteiger partial charge in [-0.1, -0.05) is 12.1 Å².